The molecule has 0 fully saturated rings. The highest BCUT2D eigenvalue weighted by atomic mass is 19.1. The van der Waals surface area contributed by atoms with Gasteiger partial charge in [0.1, 0.15) is 5.82 Å². The number of amides is 1. The summed E-state index contributed by atoms with van der Waals surface area (Å²) in [4.78, 5) is 22.6. The molecule has 0 aliphatic heterocycles. The molecule has 1 rings (SSSR count). The van der Waals surface area contributed by atoms with Gasteiger partial charge in [0, 0.05) is 6.54 Å². The van der Waals surface area contributed by atoms with Crippen molar-refractivity contribution in [3.63, 3.8) is 0 Å². The minimum Gasteiger partial charge on any atom is -0.452 e. The third kappa shape index (κ3) is 4.22. The Morgan fingerprint density at radius 2 is 2.11 bits per heavy atom. The maximum atomic E-state index is 13.2. The molecule has 0 aliphatic rings. The first-order valence-electron chi connectivity index (χ1n) is 5.20. The van der Waals surface area contributed by atoms with Crippen molar-refractivity contribution in [2.45, 2.75) is 6.42 Å². The van der Waals surface area contributed by atoms with Crippen molar-refractivity contribution in [1.82, 2.24) is 5.32 Å². The lowest BCUT2D eigenvalue weighted by Gasteiger charge is -2.05. The van der Waals surface area contributed by atoms with Gasteiger partial charge in [0.25, 0.3) is 5.91 Å². The average Bonchev–Trinajstić information content (AvgIpc) is 2.37. The zero-order valence-electron chi connectivity index (χ0n) is 9.48. The van der Waals surface area contributed by atoms with Gasteiger partial charge in [-0.05, 0) is 12.1 Å². The van der Waals surface area contributed by atoms with Gasteiger partial charge in [0.15, 0.2) is 6.61 Å². The van der Waals surface area contributed by atoms with E-state index >= 15 is 0 Å². The number of halogens is 1. The van der Waals surface area contributed by atoms with Crippen LogP contribution in [0.2, 0.25) is 0 Å². The largest absolute Gasteiger partial charge is 0.452 e. The summed E-state index contributed by atoms with van der Waals surface area (Å²) < 4.78 is 17.8. The molecular weight excluding hydrogens is 239 g/mol. The van der Waals surface area contributed by atoms with Gasteiger partial charge in [0.2, 0.25) is 0 Å². The summed E-state index contributed by atoms with van der Waals surface area (Å²) in [5.74, 6) is -2.13. The van der Waals surface area contributed by atoms with Crippen molar-refractivity contribution in [3.8, 4) is 6.07 Å². The Bertz CT molecular complexity index is 482. The standard InChI is InChI=1S/C12H11FN2O3/c13-10-5-2-1-4-9(10)12(17)18-8-11(16)15-7-3-6-14/h1-2,4-5H,3,7-8H2,(H,15,16). The summed E-state index contributed by atoms with van der Waals surface area (Å²) >= 11 is 0. The Hall–Kier alpha value is -2.42. The van der Waals surface area contributed by atoms with E-state index in [2.05, 4.69) is 10.1 Å². The topological polar surface area (TPSA) is 79.2 Å². The molecule has 0 aliphatic carbocycles. The van der Waals surface area contributed by atoms with E-state index in [9.17, 15) is 14.0 Å². The van der Waals surface area contributed by atoms with E-state index in [0.29, 0.717) is 0 Å². The van der Waals surface area contributed by atoms with Crippen molar-refractivity contribution in [2.24, 2.45) is 0 Å². The number of nitrogens with zero attached hydrogens (tertiary/aromatic N) is 1. The van der Waals surface area contributed by atoms with Crippen LogP contribution in [0.5, 0.6) is 0 Å². The molecule has 5 nitrogen and oxygen atoms in total. The van der Waals surface area contributed by atoms with Gasteiger partial charge in [-0.15, -0.1) is 0 Å². The average molecular weight is 250 g/mol. The van der Waals surface area contributed by atoms with Gasteiger partial charge in [-0.3, -0.25) is 4.79 Å². The molecule has 0 unspecified atom stereocenters. The third-order valence-corrected chi connectivity index (χ3v) is 1.99. The fourth-order valence-electron chi connectivity index (χ4n) is 1.14. The molecule has 0 atom stereocenters. The number of hydrogen-bond donors (Lipinski definition) is 1. The molecule has 94 valence electrons. The second-order valence-electron chi connectivity index (χ2n) is 3.31. The zero-order valence-corrected chi connectivity index (χ0v) is 9.48. The smallest absolute Gasteiger partial charge is 0.341 e. The molecule has 0 radical (unpaired) electrons. The summed E-state index contributed by atoms with van der Waals surface area (Å²) in [5, 5.41) is 10.6. The number of esters is 1. The molecule has 18 heavy (non-hydrogen) atoms. The van der Waals surface area contributed by atoms with Crippen LogP contribution < -0.4 is 5.32 Å². The molecule has 1 N–H and O–H groups in total. The lowest BCUT2D eigenvalue weighted by Crippen LogP contribution is -2.29. The van der Waals surface area contributed by atoms with Gasteiger partial charge in [-0.25, -0.2) is 9.18 Å². The summed E-state index contributed by atoms with van der Waals surface area (Å²) in [5.41, 5.74) is -0.220. The highest BCUT2D eigenvalue weighted by Gasteiger charge is 2.13. The first kappa shape index (κ1) is 13.6. The summed E-state index contributed by atoms with van der Waals surface area (Å²) in [6.07, 6.45) is 0.174. The van der Waals surface area contributed by atoms with E-state index in [-0.39, 0.29) is 18.5 Å². The highest BCUT2D eigenvalue weighted by molar-refractivity contribution is 5.91. The van der Waals surface area contributed by atoms with Crippen molar-refractivity contribution in [1.29, 1.82) is 5.26 Å². The van der Waals surface area contributed by atoms with Crippen molar-refractivity contribution < 1.29 is 18.7 Å². The van der Waals surface area contributed by atoms with E-state index in [0.717, 1.165) is 6.07 Å². The highest BCUT2D eigenvalue weighted by Crippen LogP contribution is 2.07. The normalized spacial score (nSPS) is 9.33. The SMILES string of the molecule is N#CCCNC(=O)COC(=O)c1ccccc1F. The lowest BCUT2D eigenvalue weighted by atomic mass is 10.2. The monoisotopic (exact) mass is 250 g/mol. The first-order valence-corrected chi connectivity index (χ1v) is 5.20. The van der Waals surface area contributed by atoms with E-state index in [4.69, 9.17) is 5.26 Å². The van der Waals surface area contributed by atoms with Crippen LogP contribution in [0.3, 0.4) is 0 Å². The van der Waals surface area contributed by atoms with Gasteiger partial charge in [-0.2, -0.15) is 5.26 Å². The van der Waals surface area contributed by atoms with E-state index < -0.39 is 24.3 Å². The van der Waals surface area contributed by atoms with Crippen LogP contribution in [0.25, 0.3) is 0 Å². The molecular formula is C12H11FN2O3. The quantitative estimate of drug-likeness (QED) is 0.624. The fraction of sp³-hybridized carbons (Fsp3) is 0.250. The Labute approximate surface area is 103 Å². The van der Waals surface area contributed by atoms with Crippen LogP contribution in [-0.2, 0) is 9.53 Å². The number of rotatable bonds is 5. The van der Waals surface area contributed by atoms with Gasteiger partial charge >= 0.3 is 5.97 Å². The zero-order chi connectivity index (χ0) is 13.4. The summed E-state index contributed by atoms with van der Waals surface area (Å²) in [6.45, 7) is -0.314. The summed E-state index contributed by atoms with van der Waals surface area (Å²) in [6, 6.07) is 7.18. The number of nitriles is 1. The van der Waals surface area contributed by atoms with E-state index in [1.54, 1.807) is 0 Å². The number of nitrogens with one attached hydrogen (secondary N) is 1. The van der Waals surface area contributed by atoms with Crippen LogP contribution >= 0.6 is 0 Å². The second-order valence-corrected chi connectivity index (χ2v) is 3.31. The second kappa shape index (κ2) is 7.01. The maximum Gasteiger partial charge on any atom is 0.341 e. The molecule has 0 aromatic heterocycles. The predicted molar refractivity (Wildman–Crippen MR) is 59.9 cm³/mol. The Morgan fingerprint density at radius 1 is 1.39 bits per heavy atom. The molecule has 6 heteroatoms. The Morgan fingerprint density at radius 3 is 2.78 bits per heavy atom. The molecule has 0 heterocycles. The first-order chi connectivity index (χ1) is 8.65. The van der Waals surface area contributed by atoms with E-state index in [1.807, 2.05) is 6.07 Å². The lowest BCUT2D eigenvalue weighted by molar-refractivity contribution is -0.124. The van der Waals surface area contributed by atoms with Crippen LogP contribution in [0.4, 0.5) is 4.39 Å². The minimum atomic E-state index is -0.900. The van der Waals surface area contributed by atoms with Crippen LogP contribution in [0.1, 0.15) is 16.8 Å². The van der Waals surface area contributed by atoms with Crippen molar-refractivity contribution in [2.75, 3.05) is 13.2 Å². The van der Waals surface area contributed by atoms with Gasteiger partial charge in [0.05, 0.1) is 18.1 Å². The Kier molecular flexibility index (Phi) is 5.32. The maximum absolute atomic E-state index is 13.2. The Balaban J connectivity index is 2.40. The minimum absolute atomic E-state index is 0.174. The number of hydrogen-bond acceptors (Lipinski definition) is 4. The van der Waals surface area contributed by atoms with Crippen molar-refractivity contribution in [3.05, 3.63) is 35.6 Å². The van der Waals surface area contributed by atoms with Gasteiger partial charge < -0.3 is 10.1 Å². The van der Waals surface area contributed by atoms with Crippen LogP contribution in [0.15, 0.2) is 24.3 Å². The van der Waals surface area contributed by atoms with Crippen molar-refractivity contribution >= 4 is 11.9 Å². The molecule has 0 saturated heterocycles. The molecule has 0 bridgehead atoms. The number of benzene rings is 1. The van der Waals surface area contributed by atoms with Gasteiger partial charge in [-0.1, -0.05) is 12.1 Å². The molecule has 1 aromatic carbocycles. The summed E-state index contributed by atoms with van der Waals surface area (Å²) in [7, 11) is 0. The van der Waals surface area contributed by atoms with E-state index in [1.165, 1.54) is 18.2 Å². The molecule has 1 aromatic rings. The number of ether oxygens (including phenoxy) is 1. The molecule has 1 amide bonds. The molecule has 0 spiro atoms. The molecule has 0 saturated carbocycles. The van der Waals surface area contributed by atoms with Crippen LogP contribution in [-0.4, -0.2) is 25.0 Å². The fourth-order valence-corrected chi connectivity index (χ4v) is 1.14. The third-order valence-electron chi connectivity index (χ3n) is 1.99. The predicted octanol–water partition coefficient (Wildman–Crippen LogP) is 1.01. The number of carbonyl (C=O) groups is 2. The number of carbonyl (C=O) groups excluding carboxylic acids is 2. The van der Waals surface area contributed by atoms with Crippen LogP contribution in [0, 0.1) is 17.1 Å².